The van der Waals surface area contributed by atoms with Gasteiger partial charge in [0, 0.05) is 27.0 Å². The number of para-hydroxylation sites is 2. The summed E-state index contributed by atoms with van der Waals surface area (Å²) in [6, 6.07) is 68.8. The molecule has 0 radical (unpaired) electrons. The van der Waals surface area contributed by atoms with E-state index < -0.39 is 48.3 Å². The molecule has 0 saturated carbocycles. The molecule has 0 atom stereocenters. The van der Waals surface area contributed by atoms with Gasteiger partial charge >= 0.3 is 0 Å². The summed E-state index contributed by atoms with van der Waals surface area (Å²) < 4.78 is 156. The summed E-state index contributed by atoms with van der Waals surface area (Å²) in [7, 11) is 0. The second kappa shape index (κ2) is 21.7. The molecule has 1 aliphatic rings. The first kappa shape index (κ1) is 40.0. The molecule has 0 bridgehead atoms. The molecule has 18 aromatic rings. The lowest BCUT2D eigenvalue weighted by Gasteiger charge is -2.23. The van der Waals surface area contributed by atoms with E-state index in [0.29, 0.717) is 44.5 Å². The van der Waals surface area contributed by atoms with Crippen LogP contribution in [0.5, 0.6) is 0 Å². The van der Waals surface area contributed by atoms with Crippen LogP contribution in [0.4, 0.5) is 0 Å². The normalized spacial score (nSPS) is 14.9. The van der Waals surface area contributed by atoms with Gasteiger partial charge in [-0.3, -0.25) is 0 Å². The van der Waals surface area contributed by atoms with E-state index in [1.807, 2.05) is 206 Å². The van der Waals surface area contributed by atoms with Gasteiger partial charge in [-0.15, -0.1) is 0 Å². The molecule has 0 saturated heterocycles. The van der Waals surface area contributed by atoms with Crippen molar-refractivity contribution < 1.29 is 30.8 Å². The van der Waals surface area contributed by atoms with E-state index in [0.717, 1.165) is 93.9 Å². The maximum atomic E-state index is 9.37. The monoisotopic (exact) mass is 1200 g/mol. The molecular weight excluding hydrogens is 1120 g/mol. The molecule has 93 heavy (non-hydrogen) atoms. The maximum absolute atomic E-state index is 9.37. The van der Waals surface area contributed by atoms with Gasteiger partial charge in [0.15, 0.2) is 0 Å². The Kier molecular flexibility index (Phi) is 9.34. The molecule has 0 N–H and O–H groups in total. The van der Waals surface area contributed by atoms with Gasteiger partial charge < -0.3 is 8.83 Å². The van der Waals surface area contributed by atoms with Crippen molar-refractivity contribution in [2.45, 2.75) is 19.3 Å². The molecule has 0 unspecified atom stereocenters. The Morgan fingerprint density at radius 2 is 0.527 bits per heavy atom. The highest BCUT2D eigenvalue weighted by Crippen LogP contribution is 2.52. The van der Waals surface area contributed by atoms with E-state index in [-0.39, 0.29) is 96.8 Å². The highest BCUT2D eigenvalue weighted by atomic mass is 16.3. The lowest BCUT2D eigenvalue weighted by atomic mass is 9.80. The van der Waals surface area contributed by atoms with Crippen LogP contribution < -0.4 is 0 Å². The van der Waals surface area contributed by atoms with E-state index in [1.54, 1.807) is 0 Å². The van der Waals surface area contributed by atoms with Gasteiger partial charge in [0.2, 0.25) is 0 Å². The average Bonchev–Trinajstić information content (AvgIpc) is 1.03. The number of hydrogen-bond acceptors (Lipinski definition) is 2. The summed E-state index contributed by atoms with van der Waals surface area (Å²) in [6.45, 7) is 4.30. The predicted octanol–water partition coefficient (Wildman–Crippen LogP) is 25.8. The molecular formula is C91H60O2. The SMILES string of the molecule is [2H]c1c([2H])c([2H])c2c(-c3ccc(-c4ccc5oc6ccccc6c5c4)cc3)c3c([2H])c([2H])c([2H])c([2H])c3c(-c3ccc(-c4ccccc4)cc3)c2c1[2H].[2H]c1c([2H])c([2H])c2c(-c3ccc4c(c3)C(C)(C)c3ccccc3-4)c3c([2H])c([2H])c([2H])c([2H])c3c(-c3ccc(-c4ccc5oc6ccccc6c5c4)cc3)c2c1[2H]. The molecule has 0 spiro atoms. The van der Waals surface area contributed by atoms with Crippen LogP contribution in [-0.2, 0) is 5.41 Å². The van der Waals surface area contributed by atoms with Crippen molar-refractivity contribution in [2.75, 3.05) is 0 Å². The van der Waals surface area contributed by atoms with Crippen molar-refractivity contribution in [2.24, 2.45) is 0 Å². The highest BCUT2D eigenvalue weighted by molar-refractivity contribution is 6.23. The zero-order chi connectivity index (χ0) is 75.7. The summed E-state index contributed by atoms with van der Waals surface area (Å²) in [5.41, 5.74) is 16.4. The first-order valence-electron chi connectivity index (χ1n) is 38.9. The van der Waals surface area contributed by atoms with Gasteiger partial charge in [0.05, 0.1) is 21.9 Å². The summed E-state index contributed by atoms with van der Waals surface area (Å²) in [5.74, 6) is 0. The lowest BCUT2D eigenvalue weighted by molar-refractivity contribution is 0.660. The molecule has 1 aliphatic carbocycles. The number of hydrogen-bond donors (Lipinski definition) is 0. The van der Waals surface area contributed by atoms with Crippen LogP contribution in [0.15, 0.2) is 336 Å². The Morgan fingerprint density at radius 1 is 0.226 bits per heavy atom. The van der Waals surface area contributed by atoms with E-state index in [9.17, 15) is 11.0 Å². The predicted molar refractivity (Wildman–Crippen MR) is 393 cm³/mol. The fourth-order valence-electron chi connectivity index (χ4n) is 14.2. The first-order valence-corrected chi connectivity index (χ1v) is 30.9. The minimum atomic E-state index is -0.424. The molecule has 19 rings (SSSR count). The smallest absolute Gasteiger partial charge is 0.135 e. The number of furan rings is 2. The van der Waals surface area contributed by atoms with Crippen LogP contribution in [0.3, 0.4) is 0 Å². The Bertz CT molecular complexity index is 6820. The Morgan fingerprint density at radius 3 is 0.957 bits per heavy atom. The van der Waals surface area contributed by atoms with Crippen LogP contribution in [0.2, 0.25) is 0 Å². The molecule has 0 amide bonds. The zero-order valence-corrected chi connectivity index (χ0v) is 50.3. The van der Waals surface area contributed by atoms with Gasteiger partial charge in [-0.25, -0.2) is 0 Å². The highest BCUT2D eigenvalue weighted by Gasteiger charge is 2.35. The zero-order valence-electron chi connectivity index (χ0n) is 66.3. The second-order valence-corrected chi connectivity index (χ2v) is 24.1. The molecule has 16 aromatic carbocycles. The third-order valence-electron chi connectivity index (χ3n) is 18.7. The van der Waals surface area contributed by atoms with Crippen LogP contribution in [0, 0.1) is 0 Å². The minimum Gasteiger partial charge on any atom is -0.456 e. The van der Waals surface area contributed by atoms with Crippen molar-refractivity contribution in [3.05, 3.63) is 338 Å². The van der Waals surface area contributed by atoms with Gasteiger partial charge in [-0.1, -0.05) is 299 Å². The molecule has 0 aliphatic heterocycles. The Labute approximate surface area is 562 Å². The summed E-state index contributed by atoms with van der Waals surface area (Å²) in [5, 5.41) is 5.57. The molecule has 436 valence electrons. The fraction of sp³-hybridized carbons (Fsp3) is 0.0330. The Balaban J connectivity index is 0.000000154. The van der Waals surface area contributed by atoms with Crippen LogP contribution in [0.1, 0.15) is 46.9 Å². The summed E-state index contributed by atoms with van der Waals surface area (Å²) in [4.78, 5) is 0. The first-order chi connectivity index (χ1) is 52.5. The largest absolute Gasteiger partial charge is 0.456 e. The van der Waals surface area contributed by atoms with Gasteiger partial charge in [-0.2, -0.15) is 0 Å². The molecule has 2 heterocycles. The standard InChI is InChI=1S/C47H32O.C44H28O/c1-47(2)41-17-9-7-11-33(41)34-25-23-32(28-42(34)47)46-38-15-5-3-13-36(38)45(37-14-4-6-16-39(37)46)30-21-19-29(20-22-30)31-24-26-44-40(27-31)35-12-8-10-18-43(35)48-44;1-2-10-29(11-3-1)30-18-22-32(23-19-30)43-36-13-4-6-15-38(36)44(39-16-7-5-14-37(39)43)33-24-20-31(21-25-33)34-26-27-42-40(28-34)35-12-8-9-17-41(35)45-42/h3-28H,1-2H3;1-28H/i3D,4D,5D,6D,13D,14D,15D,16D;4D,5D,6D,7D,13D,14D,15D,16D. The number of fused-ring (bicyclic) bond motifs is 13. The van der Waals surface area contributed by atoms with Crippen molar-refractivity contribution in [1.82, 2.24) is 0 Å². The van der Waals surface area contributed by atoms with Crippen molar-refractivity contribution >= 4 is 87.0 Å². The second-order valence-electron chi connectivity index (χ2n) is 24.1. The van der Waals surface area contributed by atoms with Crippen molar-refractivity contribution in [1.29, 1.82) is 0 Å². The topological polar surface area (TPSA) is 26.3 Å². The Hall–Kier alpha value is -11.8. The quantitative estimate of drug-likeness (QED) is 0.149. The third-order valence-corrected chi connectivity index (χ3v) is 18.7. The van der Waals surface area contributed by atoms with E-state index in [2.05, 4.69) is 38.1 Å². The summed E-state index contributed by atoms with van der Waals surface area (Å²) >= 11 is 0. The van der Waals surface area contributed by atoms with E-state index >= 15 is 0 Å². The molecule has 2 heteroatoms. The minimum absolute atomic E-state index is 0.190. The van der Waals surface area contributed by atoms with Crippen LogP contribution in [-0.4, -0.2) is 0 Å². The van der Waals surface area contributed by atoms with Crippen molar-refractivity contribution in [3.63, 3.8) is 0 Å². The fourth-order valence-corrected chi connectivity index (χ4v) is 14.2. The maximum Gasteiger partial charge on any atom is 0.135 e. The van der Waals surface area contributed by atoms with Gasteiger partial charge in [0.1, 0.15) is 22.3 Å². The molecule has 0 fully saturated rings. The third kappa shape index (κ3) is 8.93. The summed E-state index contributed by atoms with van der Waals surface area (Å²) in [6.07, 6.45) is 0. The van der Waals surface area contributed by atoms with Crippen LogP contribution >= 0.6 is 0 Å². The van der Waals surface area contributed by atoms with Crippen LogP contribution in [0.25, 0.3) is 176 Å². The van der Waals surface area contributed by atoms with Gasteiger partial charge in [-0.05, 0) is 186 Å². The van der Waals surface area contributed by atoms with Crippen molar-refractivity contribution in [3.8, 4) is 89.0 Å². The molecule has 2 nitrogen and oxygen atoms in total. The number of rotatable bonds is 7. The number of benzene rings is 16. The molecule has 2 aromatic heterocycles. The lowest BCUT2D eigenvalue weighted by Crippen LogP contribution is -2.14. The average molecular weight is 1200 g/mol. The van der Waals surface area contributed by atoms with E-state index in [1.165, 1.54) is 5.56 Å². The van der Waals surface area contributed by atoms with Gasteiger partial charge in [0.25, 0.3) is 0 Å². The van der Waals surface area contributed by atoms with E-state index in [4.69, 9.17) is 19.8 Å².